The van der Waals surface area contributed by atoms with Gasteiger partial charge in [-0.05, 0) is 24.3 Å². The number of carbonyl (C=O) groups is 1. The molecule has 1 heterocycles. The zero-order valence-electron chi connectivity index (χ0n) is 12.1. The van der Waals surface area contributed by atoms with Crippen molar-refractivity contribution in [2.75, 3.05) is 16.3 Å². The zero-order valence-corrected chi connectivity index (χ0v) is 12.9. The van der Waals surface area contributed by atoms with Crippen LogP contribution in [0.2, 0.25) is 0 Å². The van der Waals surface area contributed by atoms with Crippen LogP contribution in [0, 0.1) is 0 Å². The predicted molar refractivity (Wildman–Crippen MR) is 84.9 cm³/mol. The fourth-order valence-electron chi connectivity index (χ4n) is 1.76. The monoisotopic (exact) mass is 338 g/mol. The summed E-state index contributed by atoms with van der Waals surface area (Å²) in [4.78, 5) is 36.3. The number of nitrogens with zero attached hydrogens (tertiary/aromatic N) is 1. The fraction of sp³-hybridized carbons (Fsp3) is 0.154. The van der Waals surface area contributed by atoms with Gasteiger partial charge >= 0.3 is 5.69 Å². The zero-order chi connectivity index (χ0) is 17.0. The molecule has 0 aliphatic carbocycles. The summed E-state index contributed by atoms with van der Waals surface area (Å²) < 4.78 is 25.5. The number of sulfonamides is 1. The molecule has 0 radical (unpaired) electrons. The van der Waals surface area contributed by atoms with Gasteiger partial charge in [-0.25, -0.2) is 13.2 Å². The van der Waals surface area contributed by atoms with Crippen LogP contribution in [0.25, 0.3) is 0 Å². The minimum absolute atomic E-state index is 0.265. The Hall–Kier alpha value is -2.88. The molecule has 1 amide bonds. The summed E-state index contributed by atoms with van der Waals surface area (Å²) in [6.07, 6.45) is 2.25. The second kappa shape index (κ2) is 6.48. The molecule has 0 aliphatic rings. The third-order valence-corrected chi connectivity index (χ3v) is 3.29. The molecule has 0 fully saturated rings. The lowest BCUT2D eigenvalue weighted by Gasteiger charge is -2.08. The number of aromatic nitrogens is 2. The number of hydrogen-bond donors (Lipinski definition) is 3. The van der Waals surface area contributed by atoms with E-state index in [4.69, 9.17) is 0 Å². The van der Waals surface area contributed by atoms with Crippen molar-refractivity contribution in [3.8, 4) is 0 Å². The van der Waals surface area contributed by atoms with Crippen molar-refractivity contribution in [2.24, 2.45) is 0 Å². The lowest BCUT2D eigenvalue weighted by Crippen LogP contribution is -2.32. The highest BCUT2D eigenvalue weighted by Gasteiger charge is 2.06. The number of nitrogens with one attached hydrogen (secondary N) is 3. The van der Waals surface area contributed by atoms with Crippen LogP contribution in [0.15, 0.2) is 46.1 Å². The van der Waals surface area contributed by atoms with Crippen LogP contribution in [-0.4, -0.2) is 30.1 Å². The molecule has 0 atom stereocenters. The fourth-order valence-corrected chi connectivity index (χ4v) is 2.32. The second-order valence-corrected chi connectivity index (χ2v) is 6.49. The number of amides is 1. The molecule has 0 saturated carbocycles. The molecule has 1 aromatic carbocycles. The van der Waals surface area contributed by atoms with E-state index in [2.05, 4.69) is 10.0 Å². The van der Waals surface area contributed by atoms with E-state index in [0.29, 0.717) is 11.4 Å². The Morgan fingerprint density at radius 1 is 1.13 bits per heavy atom. The van der Waals surface area contributed by atoms with Crippen LogP contribution in [0.3, 0.4) is 0 Å². The maximum Gasteiger partial charge on any atom is 0.328 e. The molecule has 0 aliphatic heterocycles. The average Bonchev–Trinajstić information content (AvgIpc) is 2.42. The van der Waals surface area contributed by atoms with Crippen molar-refractivity contribution in [1.29, 1.82) is 0 Å². The molecule has 0 spiro atoms. The number of hydrogen-bond acceptors (Lipinski definition) is 5. The van der Waals surface area contributed by atoms with E-state index >= 15 is 0 Å². The highest BCUT2D eigenvalue weighted by atomic mass is 32.2. The largest absolute Gasteiger partial charge is 0.328 e. The maximum atomic E-state index is 11.9. The van der Waals surface area contributed by atoms with E-state index in [-0.39, 0.29) is 6.54 Å². The van der Waals surface area contributed by atoms with E-state index in [1.807, 2.05) is 4.98 Å². The third kappa shape index (κ3) is 5.11. The standard InChI is InChI=1S/C13H14N4O5S/c1-23(21,22)16-10-4-2-9(3-5-10)14-12(19)8-17-7-6-11(18)15-13(17)20/h2-7,16H,8H2,1H3,(H,14,19)(H,15,18,20). The van der Waals surface area contributed by atoms with Crippen molar-refractivity contribution in [3.05, 3.63) is 57.4 Å². The molecule has 2 rings (SSSR count). The van der Waals surface area contributed by atoms with Crippen LogP contribution in [0.4, 0.5) is 11.4 Å². The van der Waals surface area contributed by atoms with Crippen LogP contribution in [0.1, 0.15) is 0 Å². The van der Waals surface area contributed by atoms with Gasteiger partial charge in [0.25, 0.3) is 5.56 Å². The van der Waals surface area contributed by atoms with Crippen molar-refractivity contribution < 1.29 is 13.2 Å². The highest BCUT2D eigenvalue weighted by Crippen LogP contribution is 2.14. The van der Waals surface area contributed by atoms with Crippen molar-refractivity contribution in [3.63, 3.8) is 0 Å². The van der Waals surface area contributed by atoms with Gasteiger partial charge in [0.2, 0.25) is 15.9 Å². The van der Waals surface area contributed by atoms with Crippen LogP contribution < -0.4 is 21.3 Å². The van der Waals surface area contributed by atoms with Crippen LogP contribution in [0.5, 0.6) is 0 Å². The Morgan fingerprint density at radius 3 is 2.30 bits per heavy atom. The number of carbonyl (C=O) groups excluding carboxylic acids is 1. The van der Waals surface area contributed by atoms with Crippen molar-refractivity contribution in [2.45, 2.75) is 6.54 Å². The van der Waals surface area contributed by atoms with E-state index in [1.165, 1.54) is 30.5 Å². The normalized spacial score (nSPS) is 11.0. The highest BCUT2D eigenvalue weighted by molar-refractivity contribution is 7.92. The first-order valence-electron chi connectivity index (χ1n) is 6.40. The van der Waals surface area contributed by atoms with Crippen molar-refractivity contribution >= 4 is 27.3 Å². The van der Waals surface area contributed by atoms with Gasteiger partial charge < -0.3 is 5.32 Å². The van der Waals surface area contributed by atoms with Crippen LogP contribution >= 0.6 is 0 Å². The summed E-state index contributed by atoms with van der Waals surface area (Å²) in [5, 5.41) is 2.55. The summed E-state index contributed by atoms with van der Waals surface area (Å²) in [7, 11) is -3.37. The number of aromatic amines is 1. The summed E-state index contributed by atoms with van der Waals surface area (Å²) >= 11 is 0. The molecule has 2 aromatic rings. The van der Waals surface area contributed by atoms with Gasteiger partial charge in [-0.1, -0.05) is 0 Å². The second-order valence-electron chi connectivity index (χ2n) is 4.74. The van der Waals surface area contributed by atoms with Gasteiger partial charge in [-0.2, -0.15) is 0 Å². The Bertz CT molecular complexity index is 928. The molecular formula is C13H14N4O5S. The van der Waals surface area contributed by atoms with Gasteiger partial charge in [-0.3, -0.25) is 23.9 Å². The van der Waals surface area contributed by atoms with E-state index in [1.54, 1.807) is 0 Å². The third-order valence-electron chi connectivity index (χ3n) is 2.68. The Kier molecular flexibility index (Phi) is 4.65. The number of anilines is 2. The van der Waals surface area contributed by atoms with Gasteiger partial charge in [0.1, 0.15) is 6.54 Å². The van der Waals surface area contributed by atoms with Gasteiger partial charge in [0.15, 0.2) is 0 Å². The summed E-state index contributed by atoms with van der Waals surface area (Å²) in [6, 6.07) is 7.15. The Balaban J connectivity index is 2.03. The molecule has 0 saturated heterocycles. The lowest BCUT2D eigenvalue weighted by molar-refractivity contribution is -0.116. The molecule has 9 nitrogen and oxygen atoms in total. The van der Waals surface area contributed by atoms with Gasteiger partial charge in [-0.15, -0.1) is 0 Å². The minimum atomic E-state index is -3.37. The number of rotatable bonds is 5. The first-order chi connectivity index (χ1) is 10.7. The SMILES string of the molecule is CS(=O)(=O)Nc1ccc(NC(=O)Cn2ccc(=O)[nH]c2=O)cc1. The number of benzene rings is 1. The molecule has 122 valence electrons. The summed E-state index contributed by atoms with van der Waals surface area (Å²) in [5.74, 6) is -0.469. The van der Waals surface area contributed by atoms with Gasteiger partial charge in [0, 0.05) is 23.6 Å². The molecular weight excluding hydrogens is 324 g/mol. The topological polar surface area (TPSA) is 130 Å². The Labute approximate surface area is 131 Å². The maximum absolute atomic E-state index is 11.9. The predicted octanol–water partition coefficient (Wildman–Crippen LogP) is -0.453. The molecule has 10 heteroatoms. The van der Waals surface area contributed by atoms with E-state index in [9.17, 15) is 22.8 Å². The first-order valence-corrected chi connectivity index (χ1v) is 8.29. The molecule has 0 bridgehead atoms. The van der Waals surface area contributed by atoms with Gasteiger partial charge in [0.05, 0.1) is 6.26 Å². The minimum Gasteiger partial charge on any atom is -0.325 e. The molecule has 0 unspecified atom stereocenters. The summed E-state index contributed by atoms with van der Waals surface area (Å²) in [5.41, 5.74) is -0.421. The van der Waals surface area contributed by atoms with Crippen molar-refractivity contribution in [1.82, 2.24) is 9.55 Å². The smallest absolute Gasteiger partial charge is 0.325 e. The average molecular weight is 338 g/mol. The molecule has 23 heavy (non-hydrogen) atoms. The Morgan fingerprint density at radius 2 is 1.74 bits per heavy atom. The quantitative estimate of drug-likeness (QED) is 0.679. The van der Waals surface area contributed by atoms with E-state index in [0.717, 1.165) is 16.9 Å². The molecule has 3 N–H and O–H groups in total. The number of H-pyrrole nitrogens is 1. The van der Waals surface area contributed by atoms with Crippen LogP contribution in [-0.2, 0) is 21.4 Å². The first kappa shape index (κ1) is 16.5. The molecule has 1 aromatic heterocycles. The van der Waals surface area contributed by atoms with E-state index < -0.39 is 27.2 Å². The summed E-state index contributed by atoms with van der Waals surface area (Å²) in [6.45, 7) is -0.265. The lowest BCUT2D eigenvalue weighted by atomic mass is 10.3.